The van der Waals surface area contributed by atoms with Gasteiger partial charge < -0.3 is 10.4 Å². The summed E-state index contributed by atoms with van der Waals surface area (Å²) in [6.45, 7) is 9.79. The van der Waals surface area contributed by atoms with Crippen LogP contribution in [0.3, 0.4) is 0 Å². The van der Waals surface area contributed by atoms with Crippen LogP contribution in [0.4, 0.5) is 0 Å². The molecule has 2 N–H and O–H groups in total. The quantitative estimate of drug-likeness (QED) is 0.794. The molecule has 0 spiro atoms. The Bertz CT molecular complexity index is 316. The number of rotatable bonds is 6. The molecule has 1 aromatic rings. The number of nitrogens with one attached hydrogen (secondary N) is 1. The summed E-state index contributed by atoms with van der Waals surface area (Å²) in [5.74, 6) is 1.15. The largest absolute Gasteiger partial charge is 0.394 e. The highest BCUT2D eigenvalue weighted by molar-refractivity contribution is 5.26. The lowest BCUT2D eigenvalue weighted by Gasteiger charge is -2.19. The highest BCUT2D eigenvalue weighted by Crippen LogP contribution is 2.18. The van der Waals surface area contributed by atoms with Gasteiger partial charge >= 0.3 is 0 Å². The van der Waals surface area contributed by atoms with Gasteiger partial charge in [0, 0.05) is 0 Å². The van der Waals surface area contributed by atoms with Gasteiger partial charge in [0.25, 0.3) is 0 Å². The Morgan fingerprint density at radius 2 is 1.53 bits per heavy atom. The fourth-order valence-corrected chi connectivity index (χ4v) is 1.78. The van der Waals surface area contributed by atoms with Crippen molar-refractivity contribution >= 4 is 0 Å². The van der Waals surface area contributed by atoms with Crippen molar-refractivity contribution in [3.63, 3.8) is 0 Å². The van der Waals surface area contributed by atoms with Crippen LogP contribution in [0.25, 0.3) is 0 Å². The third-order valence-corrected chi connectivity index (χ3v) is 2.96. The van der Waals surface area contributed by atoms with E-state index in [1.807, 2.05) is 0 Å². The van der Waals surface area contributed by atoms with Crippen molar-refractivity contribution in [1.29, 1.82) is 0 Å². The molecule has 0 aliphatic heterocycles. The number of aliphatic hydroxyl groups is 1. The molecule has 1 unspecified atom stereocenters. The molecule has 0 bridgehead atoms. The fourth-order valence-electron chi connectivity index (χ4n) is 1.78. The van der Waals surface area contributed by atoms with Gasteiger partial charge in [-0.05, 0) is 29.5 Å². The van der Waals surface area contributed by atoms with Crippen molar-refractivity contribution in [1.82, 2.24) is 5.32 Å². The normalized spacial score (nSPS) is 13.4. The molecule has 0 radical (unpaired) electrons. The van der Waals surface area contributed by atoms with E-state index in [0.29, 0.717) is 11.8 Å². The molecule has 1 aromatic carbocycles. The van der Waals surface area contributed by atoms with Crippen molar-refractivity contribution in [3.8, 4) is 0 Å². The maximum atomic E-state index is 9.41. The monoisotopic (exact) mass is 235 g/mol. The number of hydrogen-bond donors (Lipinski definition) is 2. The van der Waals surface area contributed by atoms with Crippen LogP contribution in [0.1, 0.15) is 50.8 Å². The Morgan fingerprint density at radius 1 is 1.00 bits per heavy atom. The van der Waals surface area contributed by atoms with Gasteiger partial charge in [-0.25, -0.2) is 0 Å². The molecule has 2 heteroatoms. The van der Waals surface area contributed by atoms with E-state index < -0.39 is 0 Å². The second kappa shape index (κ2) is 6.77. The highest BCUT2D eigenvalue weighted by atomic mass is 16.3. The van der Waals surface area contributed by atoms with E-state index in [4.69, 9.17) is 0 Å². The van der Waals surface area contributed by atoms with Crippen molar-refractivity contribution in [2.24, 2.45) is 5.92 Å². The summed E-state index contributed by atoms with van der Waals surface area (Å²) >= 11 is 0. The van der Waals surface area contributed by atoms with E-state index in [-0.39, 0.29) is 12.6 Å². The zero-order valence-corrected chi connectivity index (χ0v) is 11.4. The van der Waals surface area contributed by atoms with E-state index in [9.17, 15) is 5.11 Å². The topological polar surface area (TPSA) is 32.3 Å². The van der Waals surface area contributed by atoms with E-state index in [2.05, 4.69) is 57.3 Å². The Hall–Kier alpha value is -0.860. The van der Waals surface area contributed by atoms with Crippen molar-refractivity contribution in [2.75, 3.05) is 13.2 Å². The van der Waals surface area contributed by atoms with Gasteiger partial charge in [0.05, 0.1) is 12.6 Å². The molecule has 1 atom stereocenters. The summed E-state index contributed by atoms with van der Waals surface area (Å²) in [5.41, 5.74) is 2.51. The zero-order chi connectivity index (χ0) is 12.8. The first kappa shape index (κ1) is 14.2. The lowest BCUT2D eigenvalue weighted by atomic mass is 9.99. The molecule has 1 rings (SSSR count). The standard InChI is InChI=1S/C15H25NO/c1-11(2)9-16-15(10-17)14-7-5-13(6-8-14)12(3)4/h5-8,11-12,15-17H,9-10H2,1-4H3. The van der Waals surface area contributed by atoms with Crippen LogP contribution in [0, 0.1) is 5.92 Å². The summed E-state index contributed by atoms with van der Waals surface area (Å²) in [5, 5.41) is 12.8. The summed E-state index contributed by atoms with van der Waals surface area (Å²) < 4.78 is 0. The SMILES string of the molecule is CC(C)CNC(CO)c1ccc(C(C)C)cc1. The zero-order valence-electron chi connectivity index (χ0n) is 11.4. The predicted molar refractivity (Wildman–Crippen MR) is 73.2 cm³/mol. The van der Waals surface area contributed by atoms with E-state index in [1.165, 1.54) is 5.56 Å². The van der Waals surface area contributed by atoms with Gasteiger partial charge in [-0.1, -0.05) is 52.0 Å². The second-order valence-corrected chi connectivity index (χ2v) is 5.36. The molecule has 0 fully saturated rings. The molecule has 0 saturated heterocycles. The molecule has 2 nitrogen and oxygen atoms in total. The minimum absolute atomic E-state index is 0.0543. The van der Waals surface area contributed by atoms with Crippen LogP contribution in [-0.4, -0.2) is 18.3 Å². The van der Waals surface area contributed by atoms with Crippen LogP contribution in [0.5, 0.6) is 0 Å². The van der Waals surface area contributed by atoms with Crippen molar-refractivity contribution in [3.05, 3.63) is 35.4 Å². The molecule has 0 aliphatic rings. The van der Waals surface area contributed by atoms with Gasteiger partial charge in [0.1, 0.15) is 0 Å². The molecule has 0 aromatic heterocycles. The van der Waals surface area contributed by atoms with Crippen LogP contribution in [0.2, 0.25) is 0 Å². The molecule has 0 amide bonds. The summed E-state index contributed by atoms with van der Waals surface area (Å²) in [6, 6.07) is 8.59. The molecule has 17 heavy (non-hydrogen) atoms. The molecule has 0 heterocycles. The fraction of sp³-hybridized carbons (Fsp3) is 0.600. The number of aliphatic hydroxyl groups excluding tert-OH is 1. The average molecular weight is 235 g/mol. The third kappa shape index (κ3) is 4.49. The van der Waals surface area contributed by atoms with Crippen molar-refractivity contribution < 1.29 is 5.11 Å². The highest BCUT2D eigenvalue weighted by Gasteiger charge is 2.10. The van der Waals surface area contributed by atoms with E-state index in [0.717, 1.165) is 12.1 Å². The van der Waals surface area contributed by atoms with Gasteiger partial charge in [0.2, 0.25) is 0 Å². The predicted octanol–water partition coefficient (Wildman–Crippen LogP) is 3.09. The van der Waals surface area contributed by atoms with E-state index >= 15 is 0 Å². The maximum absolute atomic E-state index is 9.41. The van der Waals surface area contributed by atoms with Crippen LogP contribution >= 0.6 is 0 Å². The Labute approximate surface area is 105 Å². The molecule has 0 aliphatic carbocycles. The molecule has 0 saturated carbocycles. The molecular weight excluding hydrogens is 210 g/mol. The first-order valence-electron chi connectivity index (χ1n) is 6.48. The Morgan fingerprint density at radius 3 is 1.94 bits per heavy atom. The lowest BCUT2D eigenvalue weighted by molar-refractivity contribution is 0.241. The first-order chi connectivity index (χ1) is 8.04. The van der Waals surface area contributed by atoms with Crippen LogP contribution < -0.4 is 5.32 Å². The van der Waals surface area contributed by atoms with Crippen LogP contribution in [0.15, 0.2) is 24.3 Å². The third-order valence-electron chi connectivity index (χ3n) is 2.96. The molecular formula is C15H25NO. The van der Waals surface area contributed by atoms with Crippen molar-refractivity contribution in [2.45, 2.75) is 39.7 Å². The first-order valence-corrected chi connectivity index (χ1v) is 6.48. The Balaban J connectivity index is 2.68. The number of hydrogen-bond acceptors (Lipinski definition) is 2. The van der Waals surface area contributed by atoms with Gasteiger partial charge in [-0.2, -0.15) is 0 Å². The summed E-state index contributed by atoms with van der Waals surface area (Å²) in [6.07, 6.45) is 0. The van der Waals surface area contributed by atoms with Gasteiger partial charge in [-0.15, -0.1) is 0 Å². The minimum atomic E-state index is 0.0543. The van der Waals surface area contributed by atoms with Gasteiger partial charge in [0.15, 0.2) is 0 Å². The Kier molecular flexibility index (Phi) is 5.66. The van der Waals surface area contributed by atoms with E-state index in [1.54, 1.807) is 0 Å². The maximum Gasteiger partial charge on any atom is 0.0626 e. The second-order valence-electron chi connectivity index (χ2n) is 5.36. The number of benzene rings is 1. The van der Waals surface area contributed by atoms with Gasteiger partial charge in [-0.3, -0.25) is 0 Å². The summed E-state index contributed by atoms with van der Waals surface area (Å²) in [4.78, 5) is 0. The minimum Gasteiger partial charge on any atom is -0.394 e. The smallest absolute Gasteiger partial charge is 0.0626 e. The lowest BCUT2D eigenvalue weighted by Crippen LogP contribution is -2.27. The van der Waals surface area contributed by atoms with Crippen LogP contribution in [-0.2, 0) is 0 Å². The molecule has 96 valence electrons. The average Bonchev–Trinajstić information content (AvgIpc) is 2.30. The summed E-state index contributed by atoms with van der Waals surface area (Å²) in [7, 11) is 0.